The number of fused-ring (bicyclic) bond motifs is 1. The second-order valence-electron chi connectivity index (χ2n) is 9.15. The van der Waals surface area contributed by atoms with Crippen LogP contribution in [0.15, 0.2) is 53.6 Å². The largest absolute Gasteiger partial charge is 0.462 e. The number of thioether (sulfide) groups is 1. The van der Waals surface area contributed by atoms with Crippen LogP contribution in [-0.2, 0) is 18.6 Å². The Bertz CT molecular complexity index is 1430. The van der Waals surface area contributed by atoms with E-state index >= 15 is 0 Å². The molecule has 0 radical (unpaired) electrons. The van der Waals surface area contributed by atoms with Crippen molar-refractivity contribution in [2.45, 2.75) is 55.7 Å². The molecule has 5 N–H and O–H groups in total. The first-order valence-electron chi connectivity index (χ1n) is 12.1. The number of nitrogen functional groups attached to an aromatic ring is 1. The van der Waals surface area contributed by atoms with Crippen molar-refractivity contribution < 1.29 is 33.4 Å². The van der Waals surface area contributed by atoms with Gasteiger partial charge < -0.3 is 25.2 Å². The van der Waals surface area contributed by atoms with E-state index in [-0.39, 0.29) is 18.3 Å². The molecule has 4 rings (SSSR count). The number of carbonyl (C=O) groups is 1. The minimum atomic E-state index is -4.27. The second-order valence-corrected chi connectivity index (χ2v) is 12.2. The molecule has 0 bridgehead atoms. The summed E-state index contributed by atoms with van der Waals surface area (Å²) < 4.78 is 31.9. The van der Waals surface area contributed by atoms with Crippen LogP contribution in [-0.4, -0.2) is 66.9 Å². The van der Waals surface area contributed by atoms with Crippen LogP contribution in [0.4, 0.5) is 5.95 Å². The van der Waals surface area contributed by atoms with E-state index in [4.69, 9.17) is 19.5 Å². The molecular formula is C24H30N5O8PS. The lowest BCUT2D eigenvalue weighted by molar-refractivity contribution is -0.149. The first-order valence-corrected chi connectivity index (χ1v) is 14.6. The van der Waals surface area contributed by atoms with E-state index in [1.54, 1.807) is 38.1 Å². The summed E-state index contributed by atoms with van der Waals surface area (Å²) in [6.07, 6.45) is -2.02. The van der Waals surface area contributed by atoms with Gasteiger partial charge in [-0.15, -0.1) is 11.8 Å². The van der Waals surface area contributed by atoms with Gasteiger partial charge in [-0.05, 0) is 32.2 Å². The lowest BCUT2D eigenvalue weighted by atomic mass is 10.1. The molecule has 13 nitrogen and oxygen atoms in total. The lowest BCUT2D eigenvalue weighted by Crippen LogP contribution is -2.38. The summed E-state index contributed by atoms with van der Waals surface area (Å²) >= 11 is 1.00. The lowest BCUT2D eigenvalue weighted by Gasteiger charge is -2.25. The smallest absolute Gasteiger partial charge is 0.459 e. The summed E-state index contributed by atoms with van der Waals surface area (Å²) in [6, 6.07) is 11.4. The van der Waals surface area contributed by atoms with Gasteiger partial charge in [0.25, 0.3) is 0 Å². The number of aliphatic hydroxyl groups excluding tert-OH is 2. The monoisotopic (exact) mass is 579 g/mol. The Morgan fingerprint density at radius 2 is 1.90 bits per heavy atom. The summed E-state index contributed by atoms with van der Waals surface area (Å²) in [7, 11) is -4.27. The molecule has 3 unspecified atom stereocenters. The first-order chi connectivity index (χ1) is 18.5. The van der Waals surface area contributed by atoms with Crippen molar-refractivity contribution in [1.82, 2.24) is 19.6 Å². The maximum absolute atomic E-state index is 14.0. The summed E-state index contributed by atoms with van der Waals surface area (Å²) in [5.74, 6) is -0.641. The molecule has 3 aromatic rings. The van der Waals surface area contributed by atoms with Crippen LogP contribution in [0.3, 0.4) is 0 Å². The minimum Gasteiger partial charge on any atom is -0.462 e. The van der Waals surface area contributed by atoms with Crippen molar-refractivity contribution in [2.75, 3.05) is 12.3 Å². The Hall–Kier alpha value is -3.00. The SMILES string of the molecule is CC(C)OC(=O)[C@H](C)NP(=O)(OC[C@H]1S[C@@H](n2cnc(N)nc2=O)C(O)C1O)Oc1cccc2ccccc12. The highest BCUT2D eigenvalue weighted by Crippen LogP contribution is 2.49. The normalized spacial score (nSPS) is 23.4. The van der Waals surface area contributed by atoms with Gasteiger partial charge in [-0.1, -0.05) is 36.4 Å². The van der Waals surface area contributed by atoms with Crippen molar-refractivity contribution in [2.24, 2.45) is 0 Å². The van der Waals surface area contributed by atoms with Gasteiger partial charge in [0.15, 0.2) is 0 Å². The average molecular weight is 580 g/mol. The predicted molar refractivity (Wildman–Crippen MR) is 145 cm³/mol. The van der Waals surface area contributed by atoms with Crippen LogP contribution < -0.4 is 21.0 Å². The van der Waals surface area contributed by atoms with Gasteiger partial charge in [0, 0.05) is 5.39 Å². The molecule has 1 aliphatic rings. The highest BCUT2D eigenvalue weighted by molar-refractivity contribution is 8.00. The fourth-order valence-electron chi connectivity index (χ4n) is 3.92. The van der Waals surface area contributed by atoms with Crippen molar-refractivity contribution in [3.8, 4) is 5.75 Å². The fourth-order valence-corrected chi connectivity index (χ4v) is 6.98. The van der Waals surface area contributed by atoms with E-state index < -0.39 is 54.4 Å². The summed E-state index contributed by atoms with van der Waals surface area (Å²) in [5.41, 5.74) is 4.68. The Morgan fingerprint density at radius 1 is 1.18 bits per heavy atom. The zero-order valence-electron chi connectivity index (χ0n) is 21.4. The van der Waals surface area contributed by atoms with Crippen LogP contribution >= 0.6 is 19.5 Å². The number of rotatable bonds is 10. The summed E-state index contributed by atoms with van der Waals surface area (Å²) in [5, 5.41) is 23.6. The summed E-state index contributed by atoms with van der Waals surface area (Å²) in [6.45, 7) is 4.46. The zero-order valence-corrected chi connectivity index (χ0v) is 23.1. The van der Waals surface area contributed by atoms with Crippen molar-refractivity contribution >= 4 is 42.2 Å². The standard InChI is InChI=1S/C24H30N5O8PS/c1-13(2)36-22(32)14(3)28-38(34,37-17-10-6-8-15-7-4-5-9-16(15)17)35-11-18-19(30)20(31)21(39-18)29-12-26-23(25)27-24(29)33/h4-10,12-14,18-21,30-31H,11H2,1-3H3,(H,28,34)(H2,25,27,33)/t14-,18+,19?,20?,21+,38?/m0/s1. The number of benzene rings is 2. The molecule has 0 amide bonds. The number of esters is 1. The third-order valence-electron chi connectivity index (χ3n) is 5.79. The second kappa shape index (κ2) is 12.0. The molecule has 1 saturated heterocycles. The molecule has 1 fully saturated rings. The third-order valence-corrected chi connectivity index (χ3v) is 8.97. The van der Waals surface area contributed by atoms with Crippen LogP contribution in [0.1, 0.15) is 26.1 Å². The van der Waals surface area contributed by atoms with Gasteiger partial charge in [0.1, 0.15) is 29.6 Å². The molecule has 1 aromatic heterocycles. The van der Waals surface area contributed by atoms with Crippen LogP contribution in [0.25, 0.3) is 10.8 Å². The minimum absolute atomic E-state index is 0.225. The van der Waals surface area contributed by atoms with Crippen molar-refractivity contribution in [1.29, 1.82) is 0 Å². The van der Waals surface area contributed by atoms with Gasteiger partial charge in [0.2, 0.25) is 5.95 Å². The number of anilines is 1. The fraction of sp³-hybridized carbons (Fsp3) is 0.417. The number of aliphatic hydroxyl groups is 2. The van der Waals surface area contributed by atoms with Gasteiger partial charge in [-0.2, -0.15) is 10.1 Å². The van der Waals surface area contributed by atoms with Gasteiger partial charge in [0.05, 0.1) is 24.1 Å². The van der Waals surface area contributed by atoms with Crippen LogP contribution in [0.5, 0.6) is 5.75 Å². The molecule has 2 aromatic carbocycles. The molecular weight excluding hydrogens is 549 g/mol. The van der Waals surface area contributed by atoms with Crippen LogP contribution in [0.2, 0.25) is 0 Å². The number of ether oxygens (including phenoxy) is 1. The number of aromatic nitrogens is 3. The van der Waals surface area contributed by atoms with E-state index in [0.29, 0.717) is 5.39 Å². The van der Waals surface area contributed by atoms with Gasteiger partial charge in [-0.3, -0.25) is 13.9 Å². The quantitative estimate of drug-likeness (QED) is 0.201. The molecule has 210 valence electrons. The molecule has 39 heavy (non-hydrogen) atoms. The Kier molecular flexibility index (Phi) is 8.94. The van der Waals surface area contributed by atoms with Crippen LogP contribution in [0, 0.1) is 0 Å². The number of carbonyl (C=O) groups excluding carboxylic acids is 1. The molecule has 6 atom stereocenters. The molecule has 0 saturated carbocycles. The van der Waals surface area contributed by atoms with Crippen molar-refractivity contribution in [3.63, 3.8) is 0 Å². The number of nitrogens with two attached hydrogens (primary N) is 1. The van der Waals surface area contributed by atoms with E-state index in [1.807, 2.05) is 18.2 Å². The maximum atomic E-state index is 14.0. The molecule has 0 spiro atoms. The molecule has 15 heteroatoms. The molecule has 2 heterocycles. The Labute approximate surface area is 228 Å². The first kappa shape index (κ1) is 29.0. The van der Waals surface area contributed by atoms with E-state index in [0.717, 1.165) is 28.0 Å². The van der Waals surface area contributed by atoms with Gasteiger partial charge in [-0.25, -0.2) is 14.3 Å². The maximum Gasteiger partial charge on any atom is 0.459 e. The Balaban J connectivity index is 1.56. The highest BCUT2D eigenvalue weighted by Gasteiger charge is 2.45. The molecule has 0 aliphatic carbocycles. The predicted octanol–water partition coefficient (Wildman–Crippen LogP) is 1.84. The summed E-state index contributed by atoms with van der Waals surface area (Å²) in [4.78, 5) is 32.0. The topological polar surface area (TPSA) is 188 Å². The van der Waals surface area contributed by atoms with E-state index in [2.05, 4.69) is 15.1 Å². The third kappa shape index (κ3) is 6.78. The highest BCUT2D eigenvalue weighted by atomic mass is 32.2. The van der Waals surface area contributed by atoms with E-state index in [9.17, 15) is 24.4 Å². The number of nitrogens with zero attached hydrogens (tertiary/aromatic N) is 3. The number of hydrogen-bond acceptors (Lipinski definition) is 12. The Morgan fingerprint density at radius 3 is 2.62 bits per heavy atom. The molecule has 1 aliphatic heterocycles. The zero-order chi connectivity index (χ0) is 28.3. The average Bonchev–Trinajstić information content (AvgIpc) is 3.16. The number of hydrogen-bond donors (Lipinski definition) is 4. The van der Waals surface area contributed by atoms with Crippen molar-refractivity contribution in [3.05, 3.63) is 59.3 Å². The number of nitrogens with one attached hydrogen (secondary N) is 1. The van der Waals surface area contributed by atoms with E-state index in [1.165, 1.54) is 6.92 Å². The van der Waals surface area contributed by atoms with Gasteiger partial charge >= 0.3 is 19.4 Å².